The third-order valence-corrected chi connectivity index (χ3v) is 3.50. The van der Waals surface area contributed by atoms with Crippen molar-refractivity contribution in [1.82, 2.24) is 14.9 Å². The second-order valence-corrected chi connectivity index (χ2v) is 4.48. The van der Waals surface area contributed by atoms with Gasteiger partial charge in [0.15, 0.2) is 0 Å². The van der Waals surface area contributed by atoms with E-state index in [9.17, 15) is 0 Å². The van der Waals surface area contributed by atoms with E-state index in [1.54, 1.807) is 0 Å². The molecule has 1 N–H and O–H groups in total. The van der Waals surface area contributed by atoms with Crippen molar-refractivity contribution in [2.45, 2.75) is 59.0 Å². The van der Waals surface area contributed by atoms with E-state index in [1.165, 1.54) is 18.5 Å². The normalized spacial score (nSPS) is 15.1. The zero-order valence-electron chi connectivity index (χ0n) is 11.2. The number of hydrogen-bond acceptors (Lipinski definition) is 2. The van der Waals surface area contributed by atoms with Crippen LogP contribution in [0.1, 0.15) is 50.5 Å². The minimum absolute atomic E-state index is 0.520. The SMILES string of the molecule is CCCC(NC)C(CC)n1cnc(C)c1C. The summed E-state index contributed by atoms with van der Waals surface area (Å²) in [5.41, 5.74) is 2.44. The van der Waals surface area contributed by atoms with Crippen molar-refractivity contribution in [3.05, 3.63) is 17.7 Å². The quantitative estimate of drug-likeness (QED) is 0.803. The average Bonchev–Trinajstić information content (AvgIpc) is 2.61. The summed E-state index contributed by atoms with van der Waals surface area (Å²) in [5, 5.41) is 3.44. The largest absolute Gasteiger partial charge is 0.330 e. The van der Waals surface area contributed by atoms with Gasteiger partial charge in [0.2, 0.25) is 0 Å². The van der Waals surface area contributed by atoms with Crippen LogP contribution in [0.4, 0.5) is 0 Å². The van der Waals surface area contributed by atoms with Gasteiger partial charge in [0.1, 0.15) is 0 Å². The molecule has 0 aliphatic heterocycles. The number of hydrogen-bond donors (Lipinski definition) is 1. The van der Waals surface area contributed by atoms with Crippen LogP contribution in [0.3, 0.4) is 0 Å². The molecule has 2 atom stereocenters. The van der Waals surface area contributed by atoms with E-state index < -0.39 is 0 Å². The molecule has 1 rings (SSSR count). The van der Waals surface area contributed by atoms with Crippen molar-refractivity contribution in [1.29, 1.82) is 0 Å². The van der Waals surface area contributed by atoms with Gasteiger partial charge in [0.05, 0.1) is 12.0 Å². The maximum Gasteiger partial charge on any atom is 0.0954 e. The molecule has 0 bridgehead atoms. The summed E-state index contributed by atoms with van der Waals surface area (Å²) in [4.78, 5) is 4.40. The monoisotopic (exact) mass is 223 g/mol. The molecule has 0 aromatic carbocycles. The molecule has 0 spiro atoms. The topological polar surface area (TPSA) is 29.9 Å². The van der Waals surface area contributed by atoms with Gasteiger partial charge in [0, 0.05) is 17.8 Å². The van der Waals surface area contributed by atoms with Gasteiger partial charge in [-0.25, -0.2) is 4.98 Å². The van der Waals surface area contributed by atoms with Gasteiger partial charge in [0.25, 0.3) is 0 Å². The number of imidazole rings is 1. The Morgan fingerprint density at radius 2 is 2.06 bits per heavy atom. The molecule has 0 radical (unpaired) electrons. The first-order chi connectivity index (χ1) is 7.65. The molecule has 1 aromatic heterocycles. The first-order valence-corrected chi connectivity index (χ1v) is 6.32. The highest BCUT2D eigenvalue weighted by Gasteiger charge is 2.20. The van der Waals surface area contributed by atoms with Crippen LogP contribution in [-0.2, 0) is 0 Å². The minimum atomic E-state index is 0.520. The number of nitrogens with zero attached hydrogens (tertiary/aromatic N) is 2. The minimum Gasteiger partial charge on any atom is -0.330 e. The van der Waals surface area contributed by atoms with Crippen molar-refractivity contribution < 1.29 is 0 Å². The molecule has 16 heavy (non-hydrogen) atoms. The van der Waals surface area contributed by atoms with Gasteiger partial charge in [-0.3, -0.25) is 0 Å². The predicted molar refractivity (Wildman–Crippen MR) is 68.8 cm³/mol. The van der Waals surface area contributed by atoms with E-state index in [2.05, 4.69) is 49.6 Å². The molecule has 3 nitrogen and oxygen atoms in total. The Bertz CT molecular complexity index is 317. The van der Waals surface area contributed by atoms with Crippen LogP contribution in [0, 0.1) is 13.8 Å². The highest BCUT2D eigenvalue weighted by molar-refractivity contribution is 5.10. The Kier molecular flexibility index (Phi) is 5.00. The van der Waals surface area contributed by atoms with Crippen LogP contribution in [0.25, 0.3) is 0 Å². The van der Waals surface area contributed by atoms with E-state index in [0.29, 0.717) is 12.1 Å². The molecule has 0 saturated carbocycles. The van der Waals surface area contributed by atoms with Crippen molar-refractivity contribution in [2.75, 3.05) is 7.05 Å². The van der Waals surface area contributed by atoms with E-state index in [1.807, 2.05) is 6.33 Å². The zero-order chi connectivity index (χ0) is 12.1. The van der Waals surface area contributed by atoms with Crippen molar-refractivity contribution in [2.24, 2.45) is 0 Å². The zero-order valence-corrected chi connectivity index (χ0v) is 11.2. The fourth-order valence-electron chi connectivity index (χ4n) is 2.37. The fourth-order valence-corrected chi connectivity index (χ4v) is 2.37. The highest BCUT2D eigenvalue weighted by atomic mass is 15.1. The van der Waals surface area contributed by atoms with E-state index in [0.717, 1.165) is 12.1 Å². The third kappa shape index (κ3) is 2.64. The maximum absolute atomic E-state index is 4.40. The molecule has 92 valence electrons. The van der Waals surface area contributed by atoms with Crippen molar-refractivity contribution >= 4 is 0 Å². The number of aromatic nitrogens is 2. The van der Waals surface area contributed by atoms with Crippen LogP contribution < -0.4 is 5.32 Å². The number of aryl methyl sites for hydroxylation is 1. The van der Waals surface area contributed by atoms with Crippen LogP contribution >= 0.6 is 0 Å². The summed E-state index contributed by atoms with van der Waals surface area (Å²) in [6.45, 7) is 8.72. The Morgan fingerprint density at radius 1 is 1.38 bits per heavy atom. The summed E-state index contributed by atoms with van der Waals surface area (Å²) in [6, 6.07) is 1.06. The standard InChI is InChI=1S/C13H25N3/c1-6-8-12(14-5)13(7-2)16-9-15-10(3)11(16)4/h9,12-14H,6-8H2,1-5H3. The molecular weight excluding hydrogens is 198 g/mol. The highest BCUT2D eigenvalue weighted by Crippen LogP contribution is 2.22. The average molecular weight is 223 g/mol. The summed E-state index contributed by atoms with van der Waals surface area (Å²) in [6.07, 6.45) is 5.56. The Morgan fingerprint density at radius 3 is 2.44 bits per heavy atom. The molecule has 0 aliphatic carbocycles. The fraction of sp³-hybridized carbons (Fsp3) is 0.769. The molecule has 1 heterocycles. The molecule has 3 heteroatoms. The van der Waals surface area contributed by atoms with Crippen LogP contribution in [0.2, 0.25) is 0 Å². The van der Waals surface area contributed by atoms with Gasteiger partial charge in [-0.15, -0.1) is 0 Å². The number of rotatable bonds is 6. The van der Waals surface area contributed by atoms with Crippen LogP contribution in [0.5, 0.6) is 0 Å². The second kappa shape index (κ2) is 6.04. The summed E-state index contributed by atoms with van der Waals surface area (Å²) in [5.74, 6) is 0. The molecule has 2 unspecified atom stereocenters. The maximum atomic E-state index is 4.40. The number of likely N-dealkylation sites (N-methyl/N-ethyl adjacent to an activating group) is 1. The molecule has 0 aliphatic rings. The first kappa shape index (κ1) is 13.2. The first-order valence-electron chi connectivity index (χ1n) is 6.32. The molecule has 1 aromatic rings. The van der Waals surface area contributed by atoms with Gasteiger partial charge < -0.3 is 9.88 Å². The molecule has 0 saturated heterocycles. The van der Waals surface area contributed by atoms with Gasteiger partial charge in [-0.2, -0.15) is 0 Å². The third-order valence-electron chi connectivity index (χ3n) is 3.50. The van der Waals surface area contributed by atoms with Crippen LogP contribution in [-0.4, -0.2) is 22.6 Å². The Hall–Kier alpha value is -0.830. The predicted octanol–water partition coefficient (Wildman–Crippen LogP) is 2.84. The van der Waals surface area contributed by atoms with E-state index in [-0.39, 0.29) is 0 Å². The molecular formula is C13H25N3. The lowest BCUT2D eigenvalue weighted by Crippen LogP contribution is -2.35. The lowest BCUT2D eigenvalue weighted by molar-refractivity contribution is 0.332. The number of nitrogens with one attached hydrogen (secondary N) is 1. The lowest BCUT2D eigenvalue weighted by Gasteiger charge is -2.28. The van der Waals surface area contributed by atoms with E-state index in [4.69, 9.17) is 0 Å². The van der Waals surface area contributed by atoms with Crippen LogP contribution in [0.15, 0.2) is 6.33 Å². The van der Waals surface area contributed by atoms with Crippen molar-refractivity contribution in [3.63, 3.8) is 0 Å². The van der Waals surface area contributed by atoms with Gasteiger partial charge in [-0.05, 0) is 33.7 Å². The molecule has 0 fully saturated rings. The summed E-state index contributed by atoms with van der Waals surface area (Å²) < 4.78 is 2.33. The van der Waals surface area contributed by atoms with E-state index >= 15 is 0 Å². The van der Waals surface area contributed by atoms with Gasteiger partial charge >= 0.3 is 0 Å². The smallest absolute Gasteiger partial charge is 0.0954 e. The summed E-state index contributed by atoms with van der Waals surface area (Å²) >= 11 is 0. The Balaban J connectivity index is 2.92. The van der Waals surface area contributed by atoms with Crippen molar-refractivity contribution in [3.8, 4) is 0 Å². The summed E-state index contributed by atoms with van der Waals surface area (Å²) in [7, 11) is 2.06. The molecule has 0 amide bonds. The second-order valence-electron chi connectivity index (χ2n) is 4.48. The lowest BCUT2D eigenvalue weighted by atomic mass is 10.0. The Labute approximate surface area is 99.3 Å². The van der Waals surface area contributed by atoms with Gasteiger partial charge in [-0.1, -0.05) is 20.3 Å².